The van der Waals surface area contributed by atoms with Gasteiger partial charge in [-0.05, 0) is 69.4 Å². The van der Waals surface area contributed by atoms with Crippen molar-refractivity contribution in [1.82, 2.24) is 4.57 Å². The van der Waals surface area contributed by atoms with Crippen LogP contribution in [-0.2, 0) is 0 Å². The summed E-state index contributed by atoms with van der Waals surface area (Å²) in [6, 6.07) is 32.8. The maximum atomic E-state index is 6.10. The van der Waals surface area contributed by atoms with Gasteiger partial charge in [0, 0.05) is 27.5 Å². The lowest BCUT2D eigenvalue weighted by Gasteiger charge is -2.17. The summed E-state index contributed by atoms with van der Waals surface area (Å²) in [5, 5.41) is 5.10. The van der Waals surface area contributed by atoms with Crippen LogP contribution < -0.4 is 43.7 Å². The Bertz CT molecular complexity index is 2510. The molecule has 0 radical (unpaired) electrons. The monoisotopic (exact) mass is 581 g/mol. The molecule has 2 heterocycles. The van der Waals surface area contributed by atoms with Gasteiger partial charge in [-0.3, -0.25) is 0 Å². The molecular formula is C36H31B8NO. The van der Waals surface area contributed by atoms with Crippen LogP contribution in [0.4, 0.5) is 0 Å². The quantitative estimate of drug-likeness (QED) is 0.196. The largest absolute Gasteiger partial charge is 0.456 e. The lowest BCUT2D eigenvalue weighted by molar-refractivity contribution is 0.669. The second-order valence-corrected chi connectivity index (χ2v) is 13.2. The topological polar surface area (TPSA) is 18.1 Å². The Morgan fingerprint density at radius 1 is 0.391 bits per heavy atom. The van der Waals surface area contributed by atoms with Gasteiger partial charge in [-0.1, -0.05) is 87.4 Å². The molecule has 10 heteroatoms. The van der Waals surface area contributed by atoms with Crippen LogP contribution in [0.3, 0.4) is 0 Å². The summed E-state index contributed by atoms with van der Waals surface area (Å²) >= 11 is 0. The molecule has 210 valence electrons. The SMILES string of the molecule is Bc1c(B)c(B)c2c(c1B)c1c(B)c(B)c(B)c(B)c1n2-c1cccc(-c2cccc(-c3ccc4oc5ccccc5c4c3)c2)c1. The van der Waals surface area contributed by atoms with Gasteiger partial charge >= 0.3 is 0 Å². The number of para-hydroxylation sites is 1. The molecule has 0 unspecified atom stereocenters. The van der Waals surface area contributed by atoms with Crippen LogP contribution in [-0.4, -0.2) is 67.3 Å². The number of hydrogen-bond donors (Lipinski definition) is 0. The van der Waals surface area contributed by atoms with Crippen molar-refractivity contribution in [2.45, 2.75) is 0 Å². The van der Waals surface area contributed by atoms with Crippen LogP contribution in [0.15, 0.2) is 95.4 Å². The van der Waals surface area contributed by atoms with Crippen molar-refractivity contribution in [1.29, 1.82) is 0 Å². The molecule has 0 saturated carbocycles. The summed E-state index contributed by atoms with van der Waals surface area (Å²) in [5.41, 5.74) is 21.6. The number of aromatic nitrogens is 1. The van der Waals surface area contributed by atoms with Crippen molar-refractivity contribution in [3.63, 3.8) is 0 Å². The second-order valence-electron chi connectivity index (χ2n) is 13.2. The fraction of sp³-hybridized carbons (Fsp3) is 0. The average Bonchev–Trinajstić information content (AvgIpc) is 3.64. The molecule has 0 atom stereocenters. The molecule has 0 spiro atoms. The molecule has 2 nitrogen and oxygen atoms in total. The Kier molecular flexibility index (Phi) is 6.59. The second kappa shape index (κ2) is 10.5. The van der Waals surface area contributed by atoms with E-state index in [1.165, 1.54) is 93.4 Å². The van der Waals surface area contributed by atoms with E-state index in [0.29, 0.717) is 0 Å². The van der Waals surface area contributed by atoms with Crippen molar-refractivity contribution >= 4 is 150 Å². The van der Waals surface area contributed by atoms with E-state index in [9.17, 15) is 0 Å². The number of rotatable bonds is 3. The molecule has 6 aromatic carbocycles. The maximum Gasteiger partial charge on any atom is 0.141 e. The smallest absolute Gasteiger partial charge is 0.141 e. The zero-order valence-corrected chi connectivity index (χ0v) is 28.0. The molecule has 8 aromatic rings. The molecule has 0 bridgehead atoms. The summed E-state index contributed by atoms with van der Waals surface area (Å²) in [6.45, 7) is 0. The van der Waals surface area contributed by atoms with Crippen molar-refractivity contribution < 1.29 is 4.42 Å². The fourth-order valence-corrected chi connectivity index (χ4v) is 7.73. The first-order valence-corrected chi connectivity index (χ1v) is 16.3. The summed E-state index contributed by atoms with van der Waals surface area (Å²) in [7, 11) is 18.3. The predicted octanol–water partition coefficient (Wildman–Crippen LogP) is -3.92. The van der Waals surface area contributed by atoms with Crippen molar-refractivity contribution in [3.05, 3.63) is 91.0 Å². The van der Waals surface area contributed by atoms with Gasteiger partial charge < -0.3 is 8.98 Å². The van der Waals surface area contributed by atoms with Gasteiger partial charge in [0.05, 0.1) is 0 Å². The minimum atomic E-state index is 0.923. The van der Waals surface area contributed by atoms with Gasteiger partial charge in [-0.25, -0.2) is 0 Å². The normalized spacial score (nSPS) is 11.7. The molecule has 0 aliphatic heterocycles. The van der Waals surface area contributed by atoms with Gasteiger partial charge in [0.2, 0.25) is 0 Å². The number of furan rings is 1. The van der Waals surface area contributed by atoms with Crippen molar-refractivity contribution in [2.24, 2.45) is 0 Å². The Labute approximate surface area is 277 Å². The van der Waals surface area contributed by atoms with E-state index >= 15 is 0 Å². The maximum absolute atomic E-state index is 6.10. The molecule has 0 aliphatic rings. The highest BCUT2D eigenvalue weighted by atomic mass is 16.3. The zero-order valence-electron chi connectivity index (χ0n) is 28.0. The molecule has 0 fully saturated rings. The highest BCUT2D eigenvalue weighted by Crippen LogP contribution is 2.34. The van der Waals surface area contributed by atoms with Crippen LogP contribution in [0.2, 0.25) is 0 Å². The Hall–Kier alpha value is -4.56. The van der Waals surface area contributed by atoms with Crippen molar-refractivity contribution in [3.8, 4) is 27.9 Å². The van der Waals surface area contributed by atoms with E-state index in [2.05, 4.69) is 146 Å². The van der Waals surface area contributed by atoms with E-state index < -0.39 is 0 Å². The minimum Gasteiger partial charge on any atom is -0.456 e. The molecular weight excluding hydrogens is 549 g/mol. The standard InChI is InChI=1S/C36H31B8NO/c37-27-25-26-28(38)30(40)32(42)34(44)36(26)45(35(25)33(43)31(41)29(27)39)20-8-4-7-18(14-20)16-5-3-6-17(13-16)19-11-12-24-22(15-19)21-9-1-2-10-23(21)46-24/h1-15H,37-44H2. The first-order chi connectivity index (χ1) is 22.2. The van der Waals surface area contributed by atoms with E-state index in [1.54, 1.807) is 0 Å². The Balaban J connectivity index is 1.34. The van der Waals surface area contributed by atoms with Crippen LogP contribution >= 0.6 is 0 Å². The molecule has 0 saturated heterocycles. The minimum absolute atomic E-state index is 0.923. The predicted molar refractivity (Wildman–Crippen MR) is 224 cm³/mol. The van der Waals surface area contributed by atoms with E-state index in [0.717, 1.165) is 21.9 Å². The van der Waals surface area contributed by atoms with Gasteiger partial charge in [0.15, 0.2) is 0 Å². The first-order valence-electron chi connectivity index (χ1n) is 16.3. The van der Waals surface area contributed by atoms with Crippen LogP contribution in [0.25, 0.3) is 71.7 Å². The first kappa shape index (κ1) is 28.9. The molecule has 8 rings (SSSR count). The van der Waals surface area contributed by atoms with Gasteiger partial charge in [-0.2, -0.15) is 0 Å². The average molecular weight is 580 g/mol. The molecule has 0 aliphatic carbocycles. The number of benzene rings is 6. The number of hydrogen-bond acceptors (Lipinski definition) is 1. The van der Waals surface area contributed by atoms with E-state index in [-0.39, 0.29) is 0 Å². The van der Waals surface area contributed by atoms with Crippen molar-refractivity contribution in [2.75, 3.05) is 0 Å². The number of fused-ring (bicyclic) bond motifs is 6. The third-order valence-electron chi connectivity index (χ3n) is 11.0. The summed E-state index contributed by atoms with van der Waals surface area (Å²) < 4.78 is 8.66. The third-order valence-corrected chi connectivity index (χ3v) is 11.0. The molecule has 46 heavy (non-hydrogen) atoms. The lowest BCUT2D eigenvalue weighted by atomic mass is 9.63. The van der Waals surface area contributed by atoms with Gasteiger partial charge in [0.1, 0.15) is 73.9 Å². The van der Waals surface area contributed by atoms with Gasteiger partial charge in [-0.15, -0.1) is 10.9 Å². The molecule has 0 amide bonds. The van der Waals surface area contributed by atoms with Gasteiger partial charge in [0.25, 0.3) is 0 Å². The van der Waals surface area contributed by atoms with Crippen LogP contribution in [0.1, 0.15) is 0 Å². The molecule has 0 N–H and O–H groups in total. The summed E-state index contributed by atoms with van der Waals surface area (Å²) in [4.78, 5) is 0. The Morgan fingerprint density at radius 3 is 1.52 bits per heavy atom. The van der Waals surface area contributed by atoms with E-state index in [1.807, 2.05) is 12.1 Å². The highest BCUT2D eigenvalue weighted by Gasteiger charge is 2.23. The highest BCUT2D eigenvalue weighted by molar-refractivity contribution is 6.71. The summed E-state index contributed by atoms with van der Waals surface area (Å²) in [5.74, 6) is 0. The number of nitrogens with zero attached hydrogens (tertiary/aromatic N) is 1. The fourth-order valence-electron chi connectivity index (χ4n) is 7.73. The van der Waals surface area contributed by atoms with Crippen LogP contribution in [0, 0.1) is 0 Å². The molecule has 2 aromatic heterocycles. The summed E-state index contributed by atoms with van der Waals surface area (Å²) in [6.07, 6.45) is 0. The lowest BCUT2D eigenvalue weighted by Crippen LogP contribution is -2.49. The van der Waals surface area contributed by atoms with Crippen LogP contribution in [0.5, 0.6) is 0 Å². The Morgan fingerprint density at radius 2 is 0.891 bits per heavy atom. The third kappa shape index (κ3) is 4.08. The zero-order chi connectivity index (χ0) is 32.0. The van der Waals surface area contributed by atoms with E-state index in [4.69, 9.17) is 4.42 Å².